The average Bonchev–Trinajstić information content (AvgIpc) is 3.76. The summed E-state index contributed by atoms with van der Waals surface area (Å²) in [6, 6.07) is 57.2. The SMILES string of the molecule is c1ccc(C2c3ccccc3-c3ccc(-c4ccc5c(c4)c4ccccc4n5-c4cccc5oc6ccccc6c45)cc32)cc1. The van der Waals surface area contributed by atoms with E-state index in [0.29, 0.717) is 0 Å². The normalized spacial score (nSPS) is 14.0. The Balaban J connectivity index is 1.18. The van der Waals surface area contributed by atoms with Crippen LogP contribution in [0.5, 0.6) is 0 Å². The lowest BCUT2D eigenvalue weighted by Crippen LogP contribution is -1.99. The molecule has 1 atom stereocenters. The van der Waals surface area contributed by atoms with Crippen LogP contribution in [-0.2, 0) is 0 Å². The fourth-order valence-corrected chi connectivity index (χ4v) is 7.75. The van der Waals surface area contributed by atoms with Crippen molar-refractivity contribution in [1.82, 2.24) is 4.57 Å². The Hall–Kier alpha value is -5.86. The largest absolute Gasteiger partial charge is 0.456 e. The Morgan fingerprint density at radius 2 is 1.13 bits per heavy atom. The van der Waals surface area contributed by atoms with E-state index in [0.717, 1.165) is 27.6 Å². The second kappa shape index (κ2) is 9.32. The molecule has 0 fully saturated rings. The highest BCUT2D eigenvalue weighted by Gasteiger charge is 2.30. The maximum atomic E-state index is 6.28. The van der Waals surface area contributed by atoms with Crippen LogP contribution in [0, 0.1) is 0 Å². The van der Waals surface area contributed by atoms with E-state index in [1.165, 1.54) is 60.8 Å². The minimum absolute atomic E-state index is 0.230. The van der Waals surface area contributed by atoms with E-state index in [1.54, 1.807) is 0 Å². The highest BCUT2D eigenvalue weighted by Crippen LogP contribution is 2.49. The lowest BCUT2D eigenvalue weighted by Gasteiger charge is -2.15. The summed E-state index contributed by atoms with van der Waals surface area (Å²) in [7, 11) is 0. The van der Waals surface area contributed by atoms with Crippen molar-refractivity contribution in [3.63, 3.8) is 0 Å². The van der Waals surface area contributed by atoms with Crippen molar-refractivity contribution in [2.45, 2.75) is 5.92 Å². The minimum atomic E-state index is 0.230. The first-order chi connectivity index (χ1) is 22.3. The summed E-state index contributed by atoms with van der Waals surface area (Å²) < 4.78 is 8.69. The number of fused-ring (bicyclic) bond motifs is 9. The molecule has 2 aromatic heterocycles. The Labute approximate surface area is 260 Å². The van der Waals surface area contributed by atoms with E-state index in [1.807, 2.05) is 6.07 Å². The van der Waals surface area contributed by atoms with Crippen molar-refractivity contribution >= 4 is 43.7 Å². The van der Waals surface area contributed by atoms with E-state index in [9.17, 15) is 0 Å². The molecule has 0 aliphatic heterocycles. The van der Waals surface area contributed by atoms with Gasteiger partial charge in [-0.05, 0) is 81.4 Å². The Morgan fingerprint density at radius 3 is 2.07 bits per heavy atom. The molecule has 1 aliphatic rings. The van der Waals surface area contributed by atoms with Crippen LogP contribution < -0.4 is 0 Å². The van der Waals surface area contributed by atoms with Crippen LogP contribution in [-0.4, -0.2) is 4.57 Å². The number of hydrogen-bond acceptors (Lipinski definition) is 1. The summed E-state index contributed by atoms with van der Waals surface area (Å²) in [6.07, 6.45) is 0. The molecule has 0 radical (unpaired) electrons. The van der Waals surface area contributed by atoms with Gasteiger partial charge in [0.2, 0.25) is 0 Å². The maximum Gasteiger partial charge on any atom is 0.137 e. The van der Waals surface area contributed by atoms with E-state index in [-0.39, 0.29) is 5.92 Å². The van der Waals surface area contributed by atoms with Crippen LogP contribution >= 0.6 is 0 Å². The molecule has 0 amide bonds. The fraction of sp³-hybridized carbons (Fsp3) is 0.0233. The zero-order valence-electron chi connectivity index (χ0n) is 24.4. The van der Waals surface area contributed by atoms with Crippen molar-refractivity contribution in [2.75, 3.05) is 0 Å². The van der Waals surface area contributed by atoms with E-state index >= 15 is 0 Å². The molecular formula is C43H27NO. The molecule has 7 aromatic carbocycles. The maximum absolute atomic E-state index is 6.28. The number of nitrogens with zero attached hydrogens (tertiary/aromatic N) is 1. The van der Waals surface area contributed by atoms with Crippen LogP contribution in [0.1, 0.15) is 22.6 Å². The Bertz CT molecular complexity index is 2600. The number of para-hydroxylation sites is 2. The van der Waals surface area contributed by atoms with Crippen molar-refractivity contribution < 1.29 is 4.42 Å². The third-order valence-electron chi connectivity index (χ3n) is 9.68. The summed E-state index contributed by atoms with van der Waals surface area (Å²) in [4.78, 5) is 0. The van der Waals surface area contributed by atoms with Gasteiger partial charge in [-0.1, -0.05) is 115 Å². The number of benzene rings is 7. The van der Waals surface area contributed by atoms with Gasteiger partial charge in [-0.15, -0.1) is 0 Å². The zero-order valence-corrected chi connectivity index (χ0v) is 24.4. The molecule has 2 heterocycles. The first-order valence-electron chi connectivity index (χ1n) is 15.6. The van der Waals surface area contributed by atoms with Crippen molar-refractivity contribution in [2.24, 2.45) is 0 Å². The third-order valence-corrected chi connectivity index (χ3v) is 9.68. The van der Waals surface area contributed by atoms with Crippen LogP contribution in [0.25, 0.3) is 71.7 Å². The van der Waals surface area contributed by atoms with Crippen molar-refractivity contribution in [1.29, 1.82) is 0 Å². The second-order valence-corrected chi connectivity index (χ2v) is 12.1. The number of rotatable bonds is 3. The lowest BCUT2D eigenvalue weighted by molar-refractivity contribution is 0.669. The van der Waals surface area contributed by atoms with E-state index in [4.69, 9.17) is 4.42 Å². The first-order valence-corrected chi connectivity index (χ1v) is 15.6. The van der Waals surface area contributed by atoms with Crippen LogP contribution in [0.4, 0.5) is 0 Å². The third kappa shape index (κ3) is 3.51. The molecule has 1 unspecified atom stereocenters. The summed E-state index contributed by atoms with van der Waals surface area (Å²) in [6.45, 7) is 0. The molecule has 0 spiro atoms. The van der Waals surface area contributed by atoms with Gasteiger partial charge in [0, 0.05) is 22.1 Å². The molecular weight excluding hydrogens is 546 g/mol. The summed E-state index contributed by atoms with van der Waals surface area (Å²) in [5.41, 5.74) is 14.6. The lowest BCUT2D eigenvalue weighted by atomic mass is 9.88. The van der Waals surface area contributed by atoms with Gasteiger partial charge in [-0.25, -0.2) is 0 Å². The Morgan fingerprint density at radius 1 is 0.444 bits per heavy atom. The van der Waals surface area contributed by atoms with Gasteiger partial charge < -0.3 is 8.98 Å². The molecule has 10 rings (SSSR count). The van der Waals surface area contributed by atoms with E-state index < -0.39 is 0 Å². The summed E-state index contributed by atoms with van der Waals surface area (Å²) in [5.74, 6) is 0.230. The van der Waals surface area contributed by atoms with Crippen LogP contribution in [0.3, 0.4) is 0 Å². The van der Waals surface area contributed by atoms with Gasteiger partial charge >= 0.3 is 0 Å². The van der Waals surface area contributed by atoms with Crippen LogP contribution in [0.2, 0.25) is 0 Å². The van der Waals surface area contributed by atoms with Gasteiger partial charge in [0.1, 0.15) is 11.2 Å². The van der Waals surface area contributed by atoms with Gasteiger partial charge in [-0.3, -0.25) is 0 Å². The fourth-order valence-electron chi connectivity index (χ4n) is 7.75. The zero-order chi connectivity index (χ0) is 29.5. The number of aromatic nitrogens is 1. The molecule has 2 nitrogen and oxygen atoms in total. The molecule has 0 saturated carbocycles. The van der Waals surface area contributed by atoms with Crippen molar-refractivity contribution in [3.8, 4) is 27.9 Å². The Kier molecular flexibility index (Phi) is 5.09. The van der Waals surface area contributed by atoms with Gasteiger partial charge in [0.25, 0.3) is 0 Å². The average molecular weight is 574 g/mol. The smallest absolute Gasteiger partial charge is 0.137 e. The van der Waals surface area contributed by atoms with Gasteiger partial charge in [0.15, 0.2) is 0 Å². The molecule has 1 aliphatic carbocycles. The molecule has 210 valence electrons. The minimum Gasteiger partial charge on any atom is -0.456 e. The molecule has 0 bridgehead atoms. The number of hydrogen-bond donors (Lipinski definition) is 0. The predicted molar refractivity (Wildman–Crippen MR) is 186 cm³/mol. The molecule has 9 aromatic rings. The highest BCUT2D eigenvalue weighted by atomic mass is 16.3. The second-order valence-electron chi connectivity index (χ2n) is 12.1. The predicted octanol–water partition coefficient (Wildman–Crippen LogP) is 11.5. The quantitative estimate of drug-likeness (QED) is 0.206. The standard InChI is InChI=1S/C43H27NO/c1-2-11-27(12-3-1)42-33-15-5-4-13-30(33)31-23-21-28(26-36(31)42)29-22-24-38-35(25-29)32-14-6-8-17-37(32)44(38)39-18-10-20-41-43(39)34-16-7-9-19-40(34)45-41/h1-26,42H. The highest BCUT2D eigenvalue weighted by molar-refractivity contribution is 6.15. The van der Waals surface area contributed by atoms with Crippen LogP contribution in [0.15, 0.2) is 162 Å². The molecule has 45 heavy (non-hydrogen) atoms. The molecule has 0 saturated heterocycles. The number of furan rings is 1. The first kappa shape index (κ1) is 24.6. The molecule has 2 heteroatoms. The summed E-state index contributed by atoms with van der Waals surface area (Å²) >= 11 is 0. The summed E-state index contributed by atoms with van der Waals surface area (Å²) in [5, 5.41) is 4.77. The van der Waals surface area contributed by atoms with Gasteiger partial charge in [-0.2, -0.15) is 0 Å². The van der Waals surface area contributed by atoms with E-state index in [2.05, 4.69) is 156 Å². The van der Waals surface area contributed by atoms with Gasteiger partial charge in [0.05, 0.1) is 22.1 Å². The van der Waals surface area contributed by atoms with Crippen molar-refractivity contribution in [3.05, 3.63) is 174 Å². The topological polar surface area (TPSA) is 18.1 Å². The molecule has 0 N–H and O–H groups in total. The monoisotopic (exact) mass is 573 g/mol.